The van der Waals surface area contributed by atoms with Crippen molar-refractivity contribution in [1.29, 1.82) is 0 Å². The van der Waals surface area contributed by atoms with Gasteiger partial charge in [-0.2, -0.15) is 0 Å². The second kappa shape index (κ2) is 32.5. The summed E-state index contributed by atoms with van der Waals surface area (Å²) < 4.78 is 20.4. The molecule has 0 bridgehead atoms. The Bertz CT molecular complexity index is 10900. The van der Waals surface area contributed by atoms with E-state index in [1.807, 2.05) is 0 Å². The van der Waals surface area contributed by atoms with E-state index in [4.69, 9.17) is 13.3 Å². The van der Waals surface area contributed by atoms with Crippen LogP contribution in [0.3, 0.4) is 0 Å². The van der Waals surface area contributed by atoms with Crippen molar-refractivity contribution in [3.8, 4) is 122 Å². The van der Waals surface area contributed by atoms with Gasteiger partial charge >= 0.3 is 0 Å². The monoisotopic (exact) mass is 1880 g/mol. The molecule has 0 fully saturated rings. The van der Waals surface area contributed by atoms with Gasteiger partial charge < -0.3 is 13.3 Å². The first-order valence-electron chi connectivity index (χ1n) is 51.4. The maximum Gasteiger partial charge on any atom is 0.144 e. The standard InChI is InChI=1S/C49H32O.2C48H28O/c1-49(2)41-25-13-11-23-37(41)47-42(49)28-40(46-38-24-12-14-26-43(38)50-48(46)47)45-35-21-9-7-19-33(35)44(34-20-8-10-22-36(34)45)39-27-29-15-3-4-16-30(29)31-17-5-6-18-32(31)39;1-2-11-29(12-3-1)33-27-28-41(47-40-19-8-9-20-42(40)49-48(33)47)46-36-17-6-4-15-34(36)45(35-16-5-7-18-37(35)46)39-26-24-32-22-21-30-13-10-14-31-23-25-38(39)44(32)43(30)31;1-2-13-29(14-3-1)30-25-28-42(47-41-21-10-11-24-43(41)49-48(30)47)46-36-19-8-6-17-34(36)45(35-18-7-9-20-37(35)46)40-27-26-39-32-16-5-4-15-31(32)33-22-12-23-38(40)44(33)39/h3-28H,1-2H3;2*1-28H. The van der Waals surface area contributed by atoms with Crippen molar-refractivity contribution in [2.75, 3.05) is 0 Å². The lowest BCUT2D eigenvalue weighted by atomic mass is 9.79. The quantitative estimate of drug-likeness (QED) is 0.112. The van der Waals surface area contributed by atoms with Crippen LogP contribution in [0, 0.1) is 0 Å². The molecule has 0 amide bonds. The maximum absolute atomic E-state index is 6.91. The van der Waals surface area contributed by atoms with Gasteiger partial charge in [0.15, 0.2) is 0 Å². The largest absolute Gasteiger partial charge is 0.455 e. The Morgan fingerprint density at radius 1 is 0.135 bits per heavy atom. The van der Waals surface area contributed by atoms with Gasteiger partial charge in [-0.15, -0.1) is 0 Å². The molecule has 3 heteroatoms. The number of hydrogen-bond donors (Lipinski definition) is 0. The molecule has 33 rings (SSSR count). The predicted molar refractivity (Wildman–Crippen MR) is 628 cm³/mol. The van der Waals surface area contributed by atoms with Gasteiger partial charge in [-0.25, -0.2) is 0 Å². The van der Waals surface area contributed by atoms with Gasteiger partial charge in [-0.05, 0) is 289 Å². The zero-order chi connectivity index (χ0) is 97.2. The molecular formula is C145H88O3. The second-order valence-electron chi connectivity index (χ2n) is 40.6. The van der Waals surface area contributed by atoms with Crippen molar-refractivity contribution in [1.82, 2.24) is 0 Å². The Kier molecular flexibility index (Phi) is 18.3. The highest BCUT2D eigenvalue weighted by molar-refractivity contribution is 6.36. The first-order valence-corrected chi connectivity index (χ1v) is 51.4. The fourth-order valence-electron chi connectivity index (χ4n) is 26.4. The Balaban J connectivity index is 0.000000100. The summed E-state index contributed by atoms with van der Waals surface area (Å²) in [5.41, 5.74) is 35.3. The third-order valence-electron chi connectivity index (χ3n) is 32.7. The van der Waals surface area contributed by atoms with Crippen LogP contribution >= 0.6 is 0 Å². The van der Waals surface area contributed by atoms with Crippen molar-refractivity contribution in [3.63, 3.8) is 0 Å². The minimum Gasteiger partial charge on any atom is -0.455 e. The molecule has 2 aliphatic rings. The van der Waals surface area contributed by atoms with Gasteiger partial charge in [-0.1, -0.05) is 469 Å². The molecule has 686 valence electrons. The Morgan fingerprint density at radius 3 is 0.919 bits per heavy atom. The third-order valence-corrected chi connectivity index (χ3v) is 32.7. The van der Waals surface area contributed by atoms with E-state index < -0.39 is 0 Å². The number of rotatable bonds is 8. The lowest BCUT2D eigenvalue weighted by Crippen LogP contribution is -2.15. The zero-order valence-electron chi connectivity index (χ0n) is 81.1. The number of furan rings is 3. The summed E-state index contributed by atoms with van der Waals surface area (Å²) in [6.45, 7) is 4.72. The van der Waals surface area contributed by atoms with Crippen LogP contribution < -0.4 is 0 Å². The summed E-state index contributed by atoms with van der Waals surface area (Å²) in [4.78, 5) is 0. The molecule has 0 saturated carbocycles. The molecule has 0 spiro atoms. The maximum atomic E-state index is 6.91. The van der Waals surface area contributed by atoms with E-state index >= 15 is 0 Å². The van der Waals surface area contributed by atoms with Crippen molar-refractivity contribution < 1.29 is 13.3 Å². The average Bonchev–Trinajstić information content (AvgIpc) is 1.52. The van der Waals surface area contributed by atoms with Gasteiger partial charge in [-0.3, -0.25) is 0 Å². The summed E-state index contributed by atoms with van der Waals surface area (Å²) in [6, 6.07) is 182. The zero-order valence-corrected chi connectivity index (χ0v) is 81.1. The molecule has 148 heavy (non-hydrogen) atoms. The van der Waals surface area contributed by atoms with Gasteiger partial charge in [0.25, 0.3) is 0 Å². The summed E-state index contributed by atoms with van der Waals surface area (Å²) in [5, 5.41) is 37.4. The molecular weight excluding hydrogens is 1790 g/mol. The fourth-order valence-corrected chi connectivity index (χ4v) is 26.4. The Hall–Kier alpha value is -19.1. The number of hydrogen-bond acceptors (Lipinski definition) is 3. The summed E-state index contributed by atoms with van der Waals surface area (Å²) in [7, 11) is 0. The highest BCUT2D eigenvalue weighted by Gasteiger charge is 2.40. The average molecular weight is 1880 g/mol. The van der Waals surface area contributed by atoms with E-state index in [0.717, 1.165) is 82.7 Å². The minimum atomic E-state index is -0.177. The number of para-hydroxylation sites is 3. The van der Waals surface area contributed by atoms with Crippen molar-refractivity contribution in [2.24, 2.45) is 0 Å². The Labute approximate surface area is 852 Å². The lowest BCUT2D eigenvalue weighted by Gasteiger charge is -2.24. The van der Waals surface area contributed by atoms with Crippen LogP contribution in [0.15, 0.2) is 511 Å². The van der Waals surface area contributed by atoms with Crippen LogP contribution in [0.4, 0.5) is 0 Å². The summed E-state index contributed by atoms with van der Waals surface area (Å²) in [5.74, 6) is 0. The molecule has 0 atom stereocenters. The first kappa shape index (κ1) is 83.5. The first-order chi connectivity index (χ1) is 73.3. The van der Waals surface area contributed by atoms with Gasteiger partial charge in [0, 0.05) is 54.4 Å². The Morgan fingerprint density at radius 2 is 0.432 bits per heavy atom. The molecule has 31 aromatic rings. The highest BCUT2D eigenvalue weighted by atomic mass is 16.3. The second-order valence-corrected chi connectivity index (χ2v) is 40.6. The van der Waals surface area contributed by atoms with E-state index in [1.54, 1.807) is 0 Å². The lowest BCUT2D eigenvalue weighted by molar-refractivity contribution is 0.653. The van der Waals surface area contributed by atoms with Gasteiger partial charge in [0.05, 0.1) is 0 Å². The van der Waals surface area contributed by atoms with E-state index in [1.165, 1.54) is 246 Å². The molecule has 0 saturated heterocycles. The molecule has 0 unspecified atom stereocenters. The predicted octanol–water partition coefficient (Wildman–Crippen LogP) is 41.3. The minimum absolute atomic E-state index is 0.177. The fraction of sp³-hybridized carbons (Fsp3) is 0.0207. The van der Waals surface area contributed by atoms with Crippen molar-refractivity contribution in [3.05, 3.63) is 509 Å². The topological polar surface area (TPSA) is 39.4 Å². The SMILES string of the molecule is CC1(C)c2ccccc2-c2c1cc(-c1c3ccccc3c(-c3cc4ccccc4c4ccccc34)c3ccccc13)c1c2oc2ccccc21.c1ccc(-c2ccc(-c3c4ccccc4c(-c4ccc5c6c(cccc46)-c4ccccc4-5)c4ccccc34)c3c2oc2ccccc23)cc1.c1ccc(-c2ccc(-c3c4ccccc4c(-c4ccc5ccc6cccc7ccc4c5c67)c4ccccc34)c3c2oc2ccccc23)cc1. The highest BCUT2D eigenvalue weighted by Crippen LogP contribution is 2.61. The molecule has 3 aromatic heterocycles. The van der Waals surface area contributed by atoms with Crippen LogP contribution in [-0.4, -0.2) is 0 Å². The van der Waals surface area contributed by atoms with Gasteiger partial charge in [0.1, 0.15) is 33.5 Å². The number of fused-ring (bicyclic) bond motifs is 25. The van der Waals surface area contributed by atoms with Crippen molar-refractivity contribution >= 4 is 195 Å². The van der Waals surface area contributed by atoms with Crippen LogP contribution in [0.1, 0.15) is 25.0 Å². The van der Waals surface area contributed by atoms with E-state index in [9.17, 15) is 0 Å². The summed E-state index contributed by atoms with van der Waals surface area (Å²) >= 11 is 0. The smallest absolute Gasteiger partial charge is 0.144 e. The van der Waals surface area contributed by atoms with Crippen LogP contribution in [0.2, 0.25) is 0 Å². The van der Waals surface area contributed by atoms with E-state index in [-0.39, 0.29) is 5.41 Å². The molecule has 0 radical (unpaired) electrons. The normalized spacial score (nSPS) is 12.6. The molecule has 0 aliphatic heterocycles. The van der Waals surface area contributed by atoms with Crippen LogP contribution in [0.5, 0.6) is 0 Å². The van der Waals surface area contributed by atoms with Crippen LogP contribution in [-0.2, 0) is 5.41 Å². The third kappa shape index (κ3) is 12.2. The van der Waals surface area contributed by atoms with E-state index in [2.05, 4.69) is 511 Å². The molecule has 3 nitrogen and oxygen atoms in total. The van der Waals surface area contributed by atoms with E-state index in [0.29, 0.717) is 0 Å². The summed E-state index contributed by atoms with van der Waals surface area (Å²) in [6.07, 6.45) is 0. The molecule has 2 aliphatic carbocycles. The van der Waals surface area contributed by atoms with Crippen LogP contribution in [0.25, 0.3) is 317 Å². The van der Waals surface area contributed by atoms with Gasteiger partial charge in [0.2, 0.25) is 0 Å². The molecule has 3 heterocycles. The van der Waals surface area contributed by atoms with Crippen molar-refractivity contribution in [2.45, 2.75) is 19.3 Å². The number of benzene rings is 28. The molecule has 28 aromatic carbocycles. The molecule has 0 N–H and O–H groups in total.